The summed E-state index contributed by atoms with van der Waals surface area (Å²) in [5.74, 6) is -0.356. The van der Waals surface area contributed by atoms with Gasteiger partial charge in [0.1, 0.15) is 5.69 Å². The summed E-state index contributed by atoms with van der Waals surface area (Å²) in [5.41, 5.74) is 0.958. The van der Waals surface area contributed by atoms with E-state index in [2.05, 4.69) is 19.9 Å². The van der Waals surface area contributed by atoms with Gasteiger partial charge in [0.25, 0.3) is 17.4 Å². The number of fused-ring (bicyclic) bond motifs is 1. The van der Waals surface area contributed by atoms with Crippen molar-refractivity contribution in [2.75, 3.05) is 26.2 Å². The van der Waals surface area contributed by atoms with Crippen LogP contribution in [0.4, 0.5) is 0 Å². The van der Waals surface area contributed by atoms with E-state index < -0.39 is 0 Å². The molecule has 142 valence electrons. The number of nitrogens with one attached hydrogen (secondary N) is 2. The third-order valence-electron chi connectivity index (χ3n) is 4.62. The third kappa shape index (κ3) is 3.41. The van der Waals surface area contributed by atoms with Gasteiger partial charge in [-0.1, -0.05) is 0 Å². The average molecular weight is 396 g/mol. The molecule has 3 aromatic rings. The van der Waals surface area contributed by atoms with Crippen LogP contribution in [0.15, 0.2) is 41.6 Å². The summed E-state index contributed by atoms with van der Waals surface area (Å²) in [4.78, 5) is 53.9. The number of carbonyl (C=O) groups excluding carboxylic acids is 2. The summed E-state index contributed by atoms with van der Waals surface area (Å²) in [6.07, 6.45) is 4.42. The Kier molecular flexibility index (Phi) is 4.70. The molecule has 0 aliphatic carbocycles. The number of hydrogen-bond acceptors (Lipinski definition) is 6. The Morgan fingerprint density at radius 3 is 2.39 bits per heavy atom. The van der Waals surface area contributed by atoms with Gasteiger partial charge in [-0.3, -0.25) is 24.4 Å². The van der Waals surface area contributed by atoms with Gasteiger partial charge in [0.15, 0.2) is 4.77 Å². The number of piperazine rings is 1. The second-order valence-electron chi connectivity index (χ2n) is 6.34. The summed E-state index contributed by atoms with van der Waals surface area (Å²) in [6.45, 7) is 1.65. The highest BCUT2D eigenvalue weighted by Gasteiger charge is 2.26. The van der Waals surface area contributed by atoms with Crippen molar-refractivity contribution < 1.29 is 9.59 Å². The number of benzene rings is 1. The largest absolute Gasteiger partial charge is 0.335 e. The lowest BCUT2D eigenvalue weighted by Gasteiger charge is -2.34. The van der Waals surface area contributed by atoms with E-state index in [1.54, 1.807) is 28.0 Å². The molecule has 0 unspecified atom stereocenters. The van der Waals surface area contributed by atoms with E-state index in [4.69, 9.17) is 12.2 Å². The first-order chi connectivity index (χ1) is 13.5. The van der Waals surface area contributed by atoms with Gasteiger partial charge in [-0.15, -0.1) is 0 Å². The predicted molar refractivity (Wildman–Crippen MR) is 104 cm³/mol. The van der Waals surface area contributed by atoms with Gasteiger partial charge in [0.05, 0.1) is 17.1 Å². The number of carbonyl (C=O) groups is 2. The number of amides is 2. The molecule has 0 radical (unpaired) electrons. The van der Waals surface area contributed by atoms with Crippen molar-refractivity contribution in [2.45, 2.75) is 0 Å². The zero-order chi connectivity index (χ0) is 19.7. The standard InChI is InChI=1S/C18H16N6O3S/c25-15-12-2-1-11(9-13(12)21-18(28)22-15)16(26)23-5-7-24(8-6-23)17(27)14-10-19-3-4-20-14/h1-4,9-10H,5-8H2,(H2,21,22,25,28). The molecule has 1 saturated heterocycles. The first kappa shape index (κ1) is 18.0. The fourth-order valence-corrected chi connectivity index (χ4v) is 3.37. The minimum absolute atomic E-state index is 0.159. The Morgan fingerprint density at radius 1 is 1.00 bits per heavy atom. The number of H-pyrrole nitrogens is 2. The molecule has 2 aromatic heterocycles. The molecule has 0 saturated carbocycles. The van der Waals surface area contributed by atoms with E-state index in [0.717, 1.165) is 0 Å². The van der Waals surface area contributed by atoms with Crippen LogP contribution >= 0.6 is 12.2 Å². The number of aromatic nitrogens is 4. The Labute approximate surface area is 164 Å². The summed E-state index contributed by atoms with van der Waals surface area (Å²) in [5, 5.41) is 0.435. The smallest absolute Gasteiger partial charge is 0.274 e. The van der Waals surface area contributed by atoms with Gasteiger partial charge in [-0.05, 0) is 30.4 Å². The number of aromatic amines is 2. The van der Waals surface area contributed by atoms with Crippen LogP contribution in [0.5, 0.6) is 0 Å². The van der Waals surface area contributed by atoms with Gasteiger partial charge in [0.2, 0.25) is 0 Å². The molecule has 0 bridgehead atoms. The number of nitrogens with zero attached hydrogens (tertiary/aromatic N) is 4. The van der Waals surface area contributed by atoms with Gasteiger partial charge in [0, 0.05) is 44.1 Å². The zero-order valence-corrected chi connectivity index (χ0v) is 15.5. The molecule has 4 rings (SSSR count). The lowest BCUT2D eigenvalue weighted by atomic mass is 10.1. The van der Waals surface area contributed by atoms with Crippen LogP contribution < -0.4 is 5.56 Å². The van der Waals surface area contributed by atoms with E-state index in [1.807, 2.05) is 0 Å². The molecule has 1 aromatic carbocycles. The quantitative estimate of drug-likeness (QED) is 0.624. The van der Waals surface area contributed by atoms with Crippen molar-refractivity contribution in [1.29, 1.82) is 0 Å². The average Bonchev–Trinajstić information content (AvgIpc) is 2.73. The molecule has 2 N–H and O–H groups in total. The van der Waals surface area contributed by atoms with Crippen molar-refractivity contribution in [1.82, 2.24) is 29.7 Å². The fourth-order valence-electron chi connectivity index (χ4n) is 3.17. The molecule has 10 heteroatoms. The van der Waals surface area contributed by atoms with Crippen LogP contribution in [0.25, 0.3) is 10.9 Å². The summed E-state index contributed by atoms with van der Waals surface area (Å²) >= 11 is 4.99. The molecule has 2 amide bonds. The number of hydrogen-bond donors (Lipinski definition) is 2. The Morgan fingerprint density at radius 2 is 1.71 bits per heavy atom. The van der Waals surface area contributed by atoms with Crippen molar-refractivity contribution in [3.63, 3.8) is 0 Å². The summed E-state index contributed by atoms with van der Waals surface area (Å²) < 4.78 is 0.207. The van der Waals surface area contributed by atoms with Gasteiger partial charge in [-0.25, -0.2) is 4.98 Å². The molecule has 28 heavy (non-hydrogen) atoms. The van der Waals surface area contributed by atoms with Crippen LogP contribution in [-0.2, 0) is 0 Å². The topological polar surface area (TPSA) is 115 Å². The Bertz CT molecular complexity index is 1170. The summed E-state index contributed by atoms with van der Waals surface area (Å²) in [7, 11) is 0. The van der Waals surface area contributed by atoms with Crippen molar-refractivity contribution in [2.24, 2.45) is 0 Å². The SMILES string of the molecule is O=C(c1ccc2c(=O)[nH]c(=S)[nH]c2c1)N1CCN(C(=O)c2cnccn2)CC1. The minimum atomic E-state index is -0.297. The molecule has 1 aliphatic heterocycles. The predicted octanol–water partition coefficient (Wildman–Crippen LogP) is 0.974. The fraction of sp³-hybridized carbons (Fsp3) is 0.222. The molecule has 1 fully saturated rings. The van der Waals surface area contributed by atoms with Crippen LogP contribution in [-0.4, -0.2) is 67.7 Å². The van der Waals surface area contributed by atoms with Crippen molar-refractivity contribution >= 4 is 34.9 Å². The van der Waals surface area contributed by atoms with Crippen molar-refractivity contribution in [3.05, 3.63) is 63.2 Å². The second kappa shape index (κ2) is 7.31. The second-order valence-corrected chi connectivity index (χ2v) is 6.75. The first-order valence-corrected chi connectivity index (χ1v) is 9.05. The lowest BCUT2D eigenvalue weighted by Crippen LogP contribution is -2.50. The zero-order valence-electron chi connectivity index (χ0n) is 14.7. The normalized spacial score (nSPS) is 14.3. The van der Waals surface area contributed by atoms with E-state index in [-0.39, 0.29) is 27.8 Å². The molecular formula is C18H16N6O3S. The van der Waals surface area contributed by atoms with Crippen LogP contribution in [0.2, 0.25) is 0 Å². The molecule has 3 heterocycles. The number of rotatable bonds is 2. The van der Waals surface area contributed by atoms with E-state index >= 15 is 0 Å². The Balaban J connectivity index is 1.48. The third-order valence-corrected chi connectivity index (χ3v) is 4.83. The van der Waals surface area contributed by atoms with E-state index in [9.17, 15) is 14.4 Å². The molecule has 0 spiro atoms. The molecule has 9 nitrogen and oxygen atoms in total. The van der Waals surface area contributed by atoms with Gasteiger partial charge < -0.3 is 14.8 Å². The van der Waals surface area contributed by atoms with E-state index in [0.29, 0.717) is 42.6 Å². The molecular weight excluding hydrogens is 380 g/mol. The monoisotopic (exact) mass is 396 g/mol. The maximum Gasteiger partial charge on any atom is 0.274 e. The first-order valence-electron chi connectivity index (χ1n) is 8.64. The van der Waals surface area contributed by atoms with Crippen LogP contribution in [0, 0.1) is 4.77 Å². The Hall–Kier alpha value is -3.40. The van der Waals surface area contributed by atoms with Gasteiger partial charge >= 0.3 is 0 Å². The minimum Gasteiger partial charge on any atom is -0.335 e. The van der Waals surface area contributed by atoms with Crippen LogP contribution in [0.1, 0.15) is 20.8 Å². The highest BCUT2D eigenvalue weighted by molar-refractivity contribution is 7.71. The van der Waals surface area contributed by atoms with Crippen molar-refractivity contribution in [3.8, 4) is 0 Å². The lowest BCUT2D eigenvalue weighted by molar-refractivity contribution is 0.0532. The maximum absolute atomic E-state index is 12.8. The summed E-state index contributed by atoms with van der Waals surface area (Å²) in [6, 6.07) is 4.84. The highest BCUT2D eigenvalue weighted by atomic mass is 32.1. The maximum atomic E-state index is 12.8. The highest BCUT2D eigenvalue weighted by Crippen LogP contribution is 2.14. The van der Waals surface area contributed by atoms with Crippen LogP contribution in [0.3, 0.4) is 0 Å². The molecule has 0 atom stereocenters. The van der Waals surface area contributed by atoms with Gasteiger partial charge in [-0.2, -0.15) is 0 Å². The molecule has 1 aliphatic rings. The van der Waals surface area contributed by atoms with E-state index in [1.165, 1.54) is 18.6 Å².